The van der Waals surface area contributed by atoms with Crippen LogP contribution in [0, 0.1) is 11.3 Å². The Labute approximate surface area is 120 Å². The highest BCUT2D eigenvalue weighted by atomic mass is 16.5. The Morgan fingerprint density at radius 2 is 2.15 bits per heavy atom. The minimum absolute atomic E-state index is 0.223. The summed E-state index contributed by atoms with van der Waals surface area (Å²) in [5.41, 5.74) is 2.79. The Balaban J connectivity index is 1.54. The third-order valence-electron chi connectivity index (χ3n) is 5.34. The zero-order valence-electron chi connectivity index (χ0n) is 12.3. The molecule has 1 aromatic carbocycles. The van der Waals surface area contributed by atoms with Gasteiger partial charge in [0, 0.05) is 36.1 Å². The van der Waals surface area contributed by atoms with E-state index in [9.17, 15) is 0 Å². The molecule has 0 amide bonds. The fourth-order valence-electron chi connectivity index (χ4n) is 4.27. The third kappa shape index (κ3) is 1.76. The van der Waals surface area contributed by atoms with Gasteiger partial charge in [-0.15, -0.1) is 0 Å². The molecule has 0 aromatic heterocycles. The summed E-state index contributed by atoms with van der Waals surface area (Å²) >= 11 is 0. The zero-order chi connectivity index (χ0) is 13.7. The molecule has 1 N–H and O–H groups in total. The lowest BCUT2D eigenvalue weighted by atomic mass is 9.55. The number of ether oxygens (including phenoxy) is 2. The summed E-state index contributed by atoms with van der Waals surface area (Å²) in [6.07, 6.45) is 3.97. The van der Waals surface area contributed by atoms with Gasteiger partial charge in [0.15, 0.2) is 0 Å². The van der Waals surface area contributed by atoms with Gasteiger partial charge in [-0.2, -0.15) is 0 Å². The van der Waals surface area contributed by atoms with Crippen molar-refractivity contribution in [3.05, 3.63) is 23.8 Å². The smallest absolute Gasteiger partial charge is 0.122 e. The van der Waals surface area contributed by atoms with Crippen molar-refractivity contribution >= 4 is 5.69 Å². The van der Waals surface area contributed by atoms with E-state index < -0.39 is 0 Å². The molecule has 108 valence electrons. The first kappa shape index (κ1) is 12.5. The van der Waals surface area contributed by atoms with Crippen molar-refractivity contribution in [2.24, 2.45) is 11.3 Å². The van der Waals surface area contributed by atoms with Gasteiger partial charge >= 0.3 is 0 Å². The molecule has 0 spiro atoms. The van der Waals surface area contributed by atoms with Crippen molar-refractivity contribution in [1.82, 2.24) is 0 Å². The minimum atomic E-state index is 0.223. The van der Waals surface area contributed by atoms with Crippen LogP contribution in [0.2, 0.25) is 0 Å². The van der Waals surface area contributed by atoms with Gasteiger partial charge in [-0.05, 0) is 36.6 Å². The molecule has 3 nitrogen and oxygen atoms in total. The second-order valence-electron chi connectivity index (χ2n) is 6.96. The molecule has 4 rings (SSSR count). The fraction of sp³-hybridized carbons (Fsp3) is 0.647. The number of fused-ring (bicyclic) bond motifs is 2. The summed E-state index contributed by atoms with van der Waals surface area (Å²) in [7, 11) is 0. The predicted molar refractivity (Wildman–Crippen MR) is 79.3 cm³/mol. The first-order valence-corrected chi connectivity index (χ1v) is 7.80. The van der Waals surface area contributed by atoms with Crippen LogP contribution in [0.1, 0.15) is 32.3 Å². The van der Waals surface area contributed by atoms with E-state index in [1.54, 1.807) is 0 Å². The van der Waals surface area contributed by atoms with E-state index in [1.807, 2.05) is 0 Å². The lowest BCUT2D eigenvalue weighted by molar-refractivity contribution is -0.177. The highest BCUT2D eigenvalue weighted by molar-refractivity contribution is 5.53. The second kappa shape index (κ2) is 4.39. The summed E-state index contributed by atoms with van der Waals surface area (Å²) in [6.45, 7) is 6.42. The van der Waals surface area contributed by atoms with Gasteiger partial charge in [0.05, 0.1) is 12.7 Å². The number of hydrogen-bond acceptors (Lipinski definition) is 3. The van der Waals surface area contributed by atoms with Crippen LogP contribution in [0.4, 0.5) is 5.69 Å². The van der Waals surface area contributed by atoms with Crippen molar-refractivity contribution < 1.29 is 9.47 Å². The van der Waals surface area contributed by atoms with E-state index in [1.165, 1.54) is 24.1 Å². The molecule has 2 heterocycles. The average Bonchev–Trinajstić information content (AvgIpc) is 2.92. The molecule has 3 unspecified atom stereocenters. The lowest BCUT2D eigenvalue weighted by Crippen LogP contribution is -2.67. The van der Waals surface area contributed by atoms with E-state index in [-0.39, 0.29) is 5.41 Å². The third-order valence-corrected chi connectivity index (χ3v) is 5.34. The Bertz CT molecular complexity index is 526. The van der Waals surface area contributed by atoms with Crippen molar-refractivity contribution in [3.8, 4) is 5.75 Å². The number of benzene rings is 1. The Kier molecular flexibility index (Phi) is 2.75. The Morgan fingerprint density at radius 1 is 1.25 bits per heavy atom. The van der Waals surface area contributed by atoms with Crippen LogP contribution in [0.15, 0.2) is 18.2 Å². The number of rotatable bonds is 2. The first-order chi connectivity index (χ1) is 9.66. The molecule has 1 aromatic rings. The van der Waals surface area contributed by atoms with Gasteiger partial charge in [0.1, 0.15) is 5.75 Å². The van der Waals surface area contributed by atoms with Crippen molar-refractivity contribution in [2.75, 3.05) is 18.5 Å². The van der Waals surface area contributed by atoms with Crippen LogP contribution < -0.4 is 10.1 Å². The van der Waals surface area contributed by atoms with Gasteiger partial charge < -0.3 is 14.8 Å². The molecule has 1 aliphatic carbocycles. The van der Waals surface area contributed by atoms with Crippen molar-refractivity contribution in [3.63, 3.8) is 0 Å². The molecule has 2 fully saturated rings. The zero-order valence-corrected chi connectivity index (χ0v) is 12.3. The topological polar surface area (TPSA) is 30.5 Å². The molecular formula is C17H23NO2. The highest BCUT2D eigenvalue weighted by Crippen LogP contribution is 2.52. The summed E-state index contributed by atoms with van der Waals surface area (Å²) in [6, 6.07) is 7.03. The van der Waals surface area contributed by atoms with Crippen LogP contribution >= 0.6 is 0 Å². The molecule has 3 atom stereocenters. The quantitative estimate of drug-likeness (QED) is 0.897. The number of anilines is 1. The van der Waals surface area contributed by atoms with E-state index in [0.29, 0.717) is 18.1 Å². The summed E-state index contributed by atoms with van der Waals surface area (Å²) in [4.78, 5) is 0. The average molecular weight is 273 g/mol. The van der Waals surface area contributed by atoms with E-state index in [4.69, 9.17) is 9.47 Å². The van der Waals surface area contributed by atoms with Crippen molar-refractivity contribution in [1.29, 1.82) is 0 Å². The van der Waals surface area contributed by atoms with Gasteiger partial charge in [0.2, 0.25) is 0 Å². The maximum atomic E-state index is 5.97. The molecule has 3 aliphatic rings. The van der Waals surface area contributed by atoms with Crippen LogP contribution in [-0.2, 0) is 11.2 Å². The lowest BCUT2D eigenvalue weighted by Gasteiger charge is -2.60. The summed E-state index contributed by atoms with van der Waals surface area (Å²) in [5, 5.41) is 3.76. The largest absolute Gasteiger partial charge is 0.493 e. The second-order valence-corrected chi connectivity index (χ2v) is 6.96. The Hall–Kier alpha value is -1.22. The van der Waals surface area contributed by atoms with Gasteiger partial charge in [0.25, 0.3) is 0 Å². The summed E-state index contributed by atoms with van der Waals surface area (Å²) < 4.78 is 11.6. The van der Waals surface area contributed by atoms with Gasteiger partial charge in [-0.25, -0.2) is 0 Å². The maximum Gasteiger partial charge on any atom is 0.122 e. The SMILES string of the molecule is CC1(C)C(Nc2ccc3c(c2)CCO3)C2CCCOC21. The molecule has 0 radical (unpaired) electrons. The van der Waals surface area contributed by atoms with E-state index >= 15 is 0 Å². The fourth-order valence-corrected chi connectivity index (χ4v) is 4.27. The highest BCUT2D eigenvalue weighted by Gasteiger charge is 2.57. The number of hydrogen-bond donors (Lipinski definition) is 1. The van der Waals surface area contributed by atoms with Crippen LogP contribution in [-0.4, -0.2) is 25.4 Å². The van der Waals surface area contributed by atoms with Gasteiger partial charge in [-0.3, -0.25) is 0 Å². The molecule has 1 saturated heterocycles. The first-order valence-electron chi connectivity index (χ1n) is 7.80. The molecule has 2 aliphatic heterocycles. The molecule has 20 heavy (non-hydrogen) atoms. The standard InChI is InChI=1S/C17H23NO2/c1-17(2)15(13-4-3-8-20-16(13)17)18-12-5-6-14-11(10-12)7-9-19-14/h5-6,10,13,15-16,18H,3-4,7-9H2,1-2H3. The van der Waals surface area contributed by atoms with Gasteiger partial charge in [-0.1, -0.05) is 13.8 Å². The van der Waals surface area contributed by atoms with Crippen molar-refractivity contribution in [2.45, 2.75) is 45.3 Å². The van der Waals surface area contributed by atoms with Crippen LogP contribution in [0.3, 0.4) is 0 Å². The molecular weight excluding hydrogens is 250 g/mol. The summed E-state index contributed by atoms with van der Waals surface area (Å²) in [5.74, 6) is 1.73. The molecule has 0 bridgehead atoms. The molecule has 3 heteroatoms. The predicted octanol–water partition coefficient (Wildman–Crippen LogP) is 3.24. The van der Waals surface area contributed by atoms with E-state index in [2.05, 4.69) is 37.4 Å². The maximum absolute atomic E-state index is 5.97. The van der Waals surface area contributed by atoms with Crippen LogP contribution in [0.25, 0.3) is 0 Å². The number of nitrogens with one attached hydrogen (secondary N) is 1. The van der Waals surface area contributed by atoms with Crippen LogP contribution in [0.5, 0.6) is 5.75 Å². The molecule has 1 saturated carbocycles. The monoisotopic (exact) mass is 273 g/mol. The van der Waals surface area contributed by atoms with E-state index in [0.717, 1.165) is 25.4 Å². The Morgan fingerprint density at radius 3 is 3.05 bits per heavy atom. The minimum Gasteiger partial charge on any atom is -0.493 e. The normalized spacial score (nSPS) is 33.6.